The minimum Gasteiger partial charge on any atom is -0.355 e. The van der Waals surface area contributed by atoms with Crippen molar-refractivity contribution in [2.75, 3.05) is 18.0 Å². The van der Waals surface area contributed by atoms with Crippen molar-refractivity contribution in [2.45, 2.75) is 26.3 Å². The number of fused-ring (bicyclic) bond motifs is 2. The molecule has 0 spiro atoms. The third-order valence-electron chi connectivity index (χ3n) is 6.84. The highest BCUT2D eigenvalue weighted by Crippen LogP contribution is 2.37. The van der Waals surface area contributed by atoms with E-state index in [0.717, 1.165) is 51.4 Å². The van der Waals surface area contributed by atoms with Crippen LogP contribution in [0.3, 0.4) is 0 Å². The molecule has 182 valence electrons. The molecule has 3 aromatic heterocycles. The van der Waals surface area contributed by atoms with Crippen molar-refractivity contribution in [3.63, 3.8) is 0 Å². The summed E-state index contributed by atoms with van der Waals surface area (Å²) in [5.74, 6) is 0.612. The van der Waals surface area contributed by atoms with E-state index in [1.807, 2.05) is 12.1 Å². The fourth-order valence-corrected chi connectivity index (χ4v) is 6.59. The van der Waals surface area contributed by atoms with Crippen molar-refractivity contribution in [1.82, 2.24) is 15.3 Å². The molecule has 5 nitrogen and oxygen atoms in total. The first-order chi connectivity index (χ1) is 17.5. The Hall–Kier alpha value is -3.36. The molecule has 4 heterocycles. The summed E-state index contributed by atoms with van der Waals surface area (Å²) in [7, 11) is 0. The standard InChI is InChI=1S/C28H25FN4OS2/c1-17-4-6-19(12-23(17)29)25-13-22-26(31-16-32-28(22)36-25)33-9-2-3-21(15-33)27(34)30-14-18-5-7-24-20(11-18)8-10-35-24/h4-8,10-13,16,21H,2-3,9,14-15H2,1H3,(H,30,34)/t21-/m0/s1. The quantitative estimate of drug-likeness (QED) is 0.288. The molecule has 0 bridgehead atoms. The highest BCUT2D eigenvalue weighted by atomic mass is 32.1. The van der Waals surface area contributed by atoms with Crippen LogP contribution in [0.1, 0.15) is 24.0 Å². The number of anilines is 1. The molecule has 0 unspecified atom stereocenters. The number of carbonyl (C=O) groups excluding carboxylic acids is 1. The molecule has 8 heteroatoms. The van der Waals surface area contributed by atoms with Crippen LogP contribution in [-0.2, 0) is 11.3 Å². The lowest BCUT2D eigenvalue weighted by atomic mass is 9.96. The van der Waals surface area contributed by atoms with Crippen molar-refractivity contribution in [1.29, 1.82) is 0 Å². The lowest BCUT2D eigenvalue weighted by Crippen LogP contribution is -2.43. The Bertz CT molecular complexity index is 1580. The molecule has 1 aliphatic heterocycles. The fourth-order valence-electron chi connectivity index (χ4n) is 4.83. The summed E-state index contributed by atoms with van der Waals surface area (Å²) < 4.78 is 15.4. The lowest BCUT2D eigenvalue weighted by Gasteiger charge is -2.33. The smallest absolute Gasteiger partial charge is 0.225 e. The van der Waals surface area contributed by atoms with E-state index in [9.17, 15) is 9.18 Å². The fraction of sp³-hybridized carbons (Fsp3) is 0.250. The number of hydrogen-bond acceptors (Lipinski definition) is 6. The number of halogens is 1. The molecular formula is C28H25FN4OS2. The Morgan fingerprint density at radius 2 is 2.08 bits per heavy atom. The zero-order valence-electron chi connectivity index (χ0n) is 19.8. The first-order valence-electron chi connectivity index (χ1n) is 12.0. The van der Waals surface area contributed by atoms with Crippen molar-refractivity contribution in [3.8, 4) is 10.4 Å². The summed E-state index contributed by atoms with van der Waals surface area (Å²) in [6.07, 6.45) is 3.36. The number of rotatable bonds is 5. The predicted molar refractivity (Wildman–Crippen MR) is 146 cm³/mol. The van der Waals surface area contributed by atoms with E-state index in [2.05, 4.69) is 49.8 Å². The number of piperidine rings is 1. The average Bonchev–Trinajstić information content (AvgIpc) is 3.55. The summed E-state index contributed by atoms with van der Waals surface area (Å²) in [5.41, 5.74) is 2.58. The topological polar surface area (TPSA) is 58.1 Å². The molecule has 1 amide bonds. The van der Waals surface area contributed by atoms with Gasteiger partial charge in [-0.3, -0.25) is 4.79 Å². The average molecular weight is 517 g/mol. The van der Waals surface area contributed by atoms with E-state index in [1.165, 1.54) is 21.4 Å². The minimum absolute atomic E-state index is 0.0801. The number of benzene rings is 2. The van der Waals surface area contributed by atoms with E-state index >= 15 is 0 Å². The molecule has 0 saturated carbocycles. The van der Waals surface area contributed by atoms with Crippen LogP contribution in [0, 0.1) is 18.7 Å². The molecule has 6 rings (SSSR count). The van der Waals surface area contributed by atoms with Crippen LogP contribution in [0.4, 0.5) is 10.2 Å². The molecular weight excluding hydrogens is 491 g/mol. The summed E-state index contributed by atoms with van der Waals surface area (Å²) in [6.45, 7) is 3.75. The molecule has 1 aliphatic rings. The molecule has 5 aromatic rings. The van der Waals surface area contributed by atoms with Gasteiger partial charge >= 0.3 is 0 Å². The number of hydrogen-bond donors (Lipinski definition) is 1. The van der Waals surface area contributed by atoms with Gasteiger partial charge in [-0.1, -0.05) is 18.2 Å². The molecule has 0 radical (unpaired) electrons. The summed E-state index contributed by atoms with van der Waals surface area (Å²) in [6, 6.07) is 15.8. The van der Waals surface area contributed by atoms with E-state index in [1.54, 1.807) is 36.7 Å². The Labute approximate surface area is 216 Å². The number of aryl methyl sites for hydroxylation is 1. The number of thiophene rings is 2. The zero-order valence-corrected chi connectivity index (χ0v) is 21.5. The van der Waals surface area contributed by atoms with Gasteiger partial charge in [0.2, 0.25) is 5.91 Å². The van der Waals surface area contributed by atoms with Gasteiger partial charge in [0.25, 0.3) is 0 Å². The summed E-state index contributed by atoms with van der Waals surface area (Å²) >= 11 is 3.26. The van der Waals surface area contributed by atoms with Crippen LogP contribution in [0.25, 0.3) is 30.7 Å². The van der Waals surface area contributed by atoms with E-state index in [0.29, 0.717) is 18.7 Å². The maximum atomic E-state index is 14.2. The van der Waals surface area contributed by atoms with Crippen LogP contribution >= 0.6 is 22.7 Å². The number of carbonyl (C=O) groups is 1. The van der Waals surface area contributed by atoms with Crippen molar-refractivity contribution >= 4 is 54.7 Å². The minimum atomic E-state index is -0.212. The van der Waals surface area contributed by atoms with E-state index in [4.69, 9.17) is 0 Å². The Kier molecular flexibility index (Phi) is 6.15. The van der Waals surface area contributed by atoms with Gasteiger partial charge in [-0.15, -0.1) is 22.7 Å². The second-order valence-corrected chi connectivity index (χ2v) is 11.3. The maximum Gasteiger partial charge on any atom is 0.225 e. The van der Waals surface area contributed by atoms with Gasteiger partial charge in [0.15, 0.2) is 0 Å². The Balaban J connectivity index is 1.19. The van der Waals surface area contributed by atoms with Crippen LogP contribution in [0.15, 0.2) is 60.2 Å². The van der Waals surface area contributed by atoms with Gasteiger partial charge in [-0.2, -0.15) is 0 Å². The molecule has 0 aliphatic carbocycles. The highest BCUT2D eigenvalue weighted by Gasteiger charge is 2.28. The monoisotopic (exact) mass is 516 g/mol. The normalized spacial score (nSPS) is 16.1. The molecule has 1 N–H and O–H groups in total. The number of nitrogens with zero attached hydrogens (tertiary/aromatic N) is 3. The number of nitrogens with one attached hydrogen (secondary N) is 1. The molecule has 36 heavy (non-hydrogen) atoms. The third-order valence-corrected chi connectivity index (χ3v) is 8.83. The van der Waals surface area contributed by atoms with Crippen LogP contribution in [-0.4, -0.2) is 29.0 Å². The third kappa shape index (κ3) is 4.47. The van der Waals surface area contributed by atoms with Crippen LogP contribution < -0.4 is 10.2 Å². The van der Waals surface area contributed by atoms with Crippen molar-refractivity contribution < 1.29 is 9.18 Å². The zero-order chi connectivity index (χ0) is 24.6. The largest absolute Gasteiger partial charge is 0.355 e. The first-order valence-corrected chi connectivity index (χ1v) is 13.7. The summed E-state index contributed by atoms with van der Waals surface area (Å²) in [5, 5.41) is 7.39. The van der Waals surface area contributed by atoms with Crippen LogP contribution in [0.5, 0.6) is 0 Å². The molecule has 1 fully saturated rings. The Morgan fingerprint density at radius 1 is 1.17 bits per heavy atom. The van der Waals surface area contributed by atoms with Gasteiger partial charge in [0, 0.05) is 29.2 Å². The van der Waals surface area contributed by atoms with Gasteiger partial charge in [0.1, 0.15) is 22.8 Å². The van der Waals surface area contributed by atoms with Crippen molar-refractivity contribution in [3.05, 3.63) is 77.2 Å². The summed E-state index contributed by atoms with van der Waals surface area (Å²) in [4.78, 5) is 26.2. The van der Waals surface area contributed by atoms with Crippen LogP contribution in [0.2, 0.25) is 0 Å². The second-order valence-electron chi connectivity index (χ2n) is 9.29. The molecule has 1 atom stereocenters. The van der Waals surface area contributed by atoms with E-state index < -0.39 is 0 Å². The van der Waals surface area contributed by atoms with Gasteiger partial charge in [0.05, 0.1) is 11.3 Å². The SMILES string of the molecule is Cc1ccc(-c2cc3c(N4CCC[C@H](C(=O)NCc5ccc6sccc6c5)C4)ncnc3s2)cc1F. The molecule has 2 aromatic carbocycles. The van der Waals surface area contributed by atoms with Crippen molar-refractivity contribution in [2.24, 2.45) is 5.92 Å². The number of amides is 1. The van der Waals surface area contributed by atoms with E-state index in [-0.39, 0.29) is 17.6 Å². The number of aromatic nitrogens is 2. The van der Waals surface area contributed by atoms with Gasteiger partial charge < -0.3 is 10.2 Å². The Morgan fingerprint density at radius 3 is 2.97 bits per heavy atom. The second kappa shape index (κ2) is 9.59. The first kappa shape index (κ1) is 23.1. The lowest BCUT2D eigenvalue weighted by molar-refractivity contribution is -0.125. The van der Waals surface area contributed by atoms with Gasteiger partial charge in [-0.05, 0) is 77.6 Å². The molecule has 1 saturated heterocycles. The van der Waals surface area contributed by atoms with Gasteiger partial charge in [-0.25, -0.2) is 14.4 Å². The predicted octanol–water partition coefficient (Wildman–Crippen LogP) is 6.55. The maximum absolute atomic E-state index is 14.2. The highest BCUT2D eigenvalue weighted by molar-refractivity contribution is 7.22.